The highest BCUT2D eigenvalue weighted by molar-refractivity contribution is 5.21. The first-order valence-corrected chi connectivity index (χ1v) is 8.83. The Kier molecular flexibility index (Phi) is 3.49. The summed E-state index contributed by atoms with van der Waals surface area (Å²) in [5, 5.41) is 0. The van der Waals surface area contributed by atoms with Crippen LogP contribution in [0.4, 0.5) is 0 Å². The Bertz CT molecular complexity index is 334. The molecule has 0 N–H and O–H groups in total. The first-order chi connectivity index (χ1) is 9.29. The van der Waals surface area contributed by atoms with E-state index in [4.69, 9.17) is 0 Å². The molecule has 20 heavy (non-hydrogen) atoms. The number of hydrogen-bond donors (Lipinski definition) is 0. The maximum Gasteiger partial charge on any atom is 0.0194 e. The second-order valence-electron chi connectivity index (χ2n) is 8.42. The third-order valence-electron chi connectivity index (χ3n) is 7.14. The molecule has 0 aromatic rings. The van der Waals surface area contributed by atoms with Gasteiger partial charge < -0.3 is 0 Å². The standard InChI is InChI=1S/C18H34N2/c1-9(2)19-13(7)11(5)15-17(19)16-12(6)14(8)20(10(3)4)18(15)16/h9-18H,1-8H3/t11-,12-,13+,14+,15+,16-,17-,18+/m1/s1. The molecule has 0 spiro atoms. The molecule has 0 bridgehead atoms. The van der Waals surface area contributed by atoms with Gasteiger partial charge in [0.15, 0.2) is 0 Å². The van der Waals surface area contributed by atoms with Crippen LogP contribution in [0.3, 0.4) is 0 Å². The molecule has 116 valence electrons. The highest BCUT2D eigenvalue weighted by Gasteiger charge is 2.68. The first kappa shape index (κ1) is 14.8. The zero-order valence-corrected chi connectivity index (χ0v) is 14.7. The zero-order valence-electron chi connectivity index (χ0n) is 14.7. The van der Waals surface area contributed by atoms with Gasteiger partial charge >= 0.3 is 0 Å². The Balaban J connectivity index is 1.93. The fraction of sp³-hybridized carbons (Fsp3) is 1.00. The molecule has 2 heteroatoms. The van der Waals surface area contributed by atoms with Gasteiger partial charge in [0.05, 0.1) is 0 Å². The molecule has 3 aliphatic rings. The average molecular weight is 278 g/mol. The smallest absolute Gasteiger partial charge is 0.0194 e. The fourth-order valence-corrected chi connectivity index (χ4v) is 6.17. The van der Waals surface area contributed by atoms with Crippen molar-refractivity contribution in [3.63, 3.8) is 0 Å². The summed E-state index contributed by atoms with van der Waals surface area (Å²) in [6.45, 7) is 19.5. The van der Waals surface area contributed by atoms with E-state index in [1.54, 1.807) is 0 Å². The van der Waals surface area contributed by atoms with Crippen LogP contribution in [0.25, 0.3) is 0 Å². The lowest BCUT2D eigenvalue weighted by molar-refractivity contribution is -0.0451. The zero-order chi connectivity index (χ0) is 14.9. The molecule has 1 aliphatic carbocycles. The number of rotatable bonds is 2. The predicted octanol–water partition coefficient (Wildman–Crippen LogP) is 3.47. The Morgan fingerprint density at radius 1 is 0.600 bits per heavy atom. The number of nitrogens with zero attached hydrogens (tertiary/aromatic N) is 2. The van der Waals surface area contributed by atoms with Gasteiger partial charge in [-0.2, -0.15) is 0 Å². The van der Waals surface area contributed by atoms with Crippen LogP contribution in [-0.4, -0.2) is 46.1 Å². The Morgan fingerprint density at radius 2 is 0.900 bits per heavy atom. The van der Waals surface area contributed by atoms with E-state index < -0.39 is 0 Å². The van der Waals surface area contributed by atoms with Crippen LogP contribution >= 0.6 is 0 Å². The molecule has 0 radical (unpaired) electrons. The Morgan fingerprint density at radius 3 is 1.15 bits per heavy atom. The average Bonchev–Trinajstić information content (AvgIpc) is 2.67. The minimum Gasteiger partial charge on any atom is -0.294 e. The first-order valence-electron chi connectivity index (χ1n) is 8.83. The molecular weight excluding hydrogens is 244 g/mol. The van der Waals surface area contributed by atoms with Crippen LogP contribution in [0.5, 0.6) is 0 Å². The highest BCUT2D eigenvalue weighted by atomic mass is 15.4. The number of fused-ring (bicyclic) bond motifs is 4. The molecule has 2 nitrogen and oxygen atoms in total. The number of likely N-dealkylation sites (tertiary alicyclic amines) is 2. The second kappa shape index (κ2) is 4.71. The summed E-state index contributed by atoms with van der Waals surface area (Å²) >= 11 is 0. The molecule has 3 rings (SSSR count). The van der Waals surface area contributed by atoms with Crippen LogP contribution in [0, 0.1) is 23.7 Å². The molecule has 0 aromatic carbocycles. The van der Waals surface area contributed by atoms with E-state index in [0.29, 0.717) is 12.1 Å². The van der Waals surface area contributed by atoms with Crippen LogP contribution in [0.2, 0.25) is 0 Å². The van der Waals surface area contributed by atoms with E-state index in [-0.39, 0.29) is 0 Å². The molecule has 0 aromatic heterocycles. The van der Waals surface area contributed by atoms with Crippen molar-refractivity contribution in [2.45, 2.75) is 91.6 Å². The van der Waals surface area contributed by atoms with Gasteiger partial charge in [-0.25, -0.2) is 0 Å². The lowest BCUT2D eigenvalue weighted by Crippen LogP contribution is -2.63. The van der Waals surface area contributed by atoms with Crippen LogP contribution in [0.1, 0.15) is 55.4 Å². The van der Waals surface area contributed by atoms with E-state index in [2.05, 4.69) is 65.2 Å². The third kappa shape index (κ3) is 1.64. The maximum atomic E-state index is 2.85. The molecule has 0 amide bonds. The van der Waals surface area contributed by atoms with Crippen LogP contribution < -0.4 is 0 Å². The van der Waals surface area contributed by atoms with Gasteiger partial charge in [-0.3, -0.25) is 9.80 Å². The molecule has 2 aliphatic heterocycles. The van der Waals surface area contributed by atoms with Crippen molar-refractivity contribution in [3.05, 3.63) is 0 Å². The van der Waals surface area contributed by atoms with Gasteiger partial charge in [-0.15, -0.1) is 0 Å². The lowest BCUT2D eigenvalue weighted by atomic mass is 9.60. The summed E-state index contributed by atoms with van der Waals surface area (Å²) in [5.74, 6) is 3.52. The fourth-order valence-electron chi connectivity index (χ4n) is 6.17. The predicted molar refractivity (Wildman–Crippen MR) is 85.8 cm³/mol. The van der Waals surface area contributed by atoms with Crippen molar-refractivity contribution < 1.29 is 0 Å². The number of hydrogen-bond acceptors (Lipinski definition) is 2. The molecule has 0 unspecified atom stereocenters. The van der Waals surface area contributed by atoms with Gasteiger partial charge in [-0.05, 0) is 65.2 Å². The van der Waals surface area contributed by atoms with E-state index in [9.17, 15) is 0 Å². The van der Waals surface area contributed by atoms with Gasteiger partial charge in [0, 0.05) is 36.3 Å². The molecule has 3 fully saturated rings. The SMILES string of the molecule is CC(C)N1[C@@H](C)[C@@H](C)[C@H]2[C@@H]1[C@H]1[C@H](C)[C@H](C)N(C(C)C)[C@H]12. The summed E-state index contributed by atoms with van der Waals surface area (Å²) in [5.41, 5.74) is 0. The van der Waals surface area contributed by atoms with E-state index >= 15 is 0 Å². The van der Waals surface area contributed by atoms with Crippen molar-refractivity contribution in [2.24, 2.45) is 23.7 Å². The van der Waals surface area contributed by atoms with Crippen molar-refractivity contribution in [1.82, 2.24) is 9.80 Å². The largest absolute Gasteiger partial charge is 0.294 e. The van der Waals surface area contributed by atoms with Crippen molar-refractivity contribution >= 4 is 0 Å². The van der Waals surface area contributed by atoms with Gasteiger partial charge in [0.25, 0.3) is 0 Å². The van der Waals surface area contributed by atoms with Crippen LogP contribution in [-0.2, 0) is 0 Å². The van der Waals surface area contributed by atoms with E-state index in [1.165, 1.54) is 0 Å². The topological polar surface area (TPSA) is 6.48 Å². The quantitative estimate of drug-likeness (QED) is 0.763. The Hall–Kier alpha value is -0.0800. The molecular formula is C18H34N2. The van der Waals surface area contributed by atoms with Crippen LogP contribution in [0.15, 0.2) is 0 Å². The van der Waals surface area contributed by atoms with E-state index in [1.807, 2.05) is 0 Å². The maximum absolute atomic E-state index is 2.85. The minimum absolute atomic E-state index is 0.694. The van der Waals surface area contributed by atoms with Crippen molar-refractivity contribution in [1.29, 1.82) is 0 Å². The third-order valence-corrected chi connectivity index (χ3v) is 7.14. The lowest BCUT2D eigenvalue weighted by Gasteiger charge is -2.54. The summed E-state index contributed by atoms with van der Waals surface area (Å²) in [6, 6.07) is 4.61. The van der Waals surface area contributed by atoms with Gasteiger partial charge in [0.1, 0.15) is 0 Å². The molecule has 4 atom stereocenters. The van der Waals surface area contributed by atoms with Crippen molar-refractivity contribution in [2.75, 3.05) is 0 Å². The summed E-state index contributed by atoms with van der Waals surface area (Å²) < 4.78 is 0. The minimum atomic E-state index is 0.694. The molecule has 2 saturated heterocycles. The van der Waals surface area contributed by atoms with E-state index in [0.717, 1.165) is 47.8 Å². The van der Waals surface area contributed by atoms with Crippen molar-refractivity contribution in [3.8, 4) is 0 Å². The highest BCUT2D eigenvalue weighted by Crippen LogP contribution is 2.60. The molecule has 2 heterocycles. The monoisotopic (exact) mass is 278 g/mol. The summed E-state index contributed by atoms with van der Waals surface area (Å²) in [6.07, 6.45) is 0. The molecule has 1 saturated carbocycles. The Labute approximate surface area is 125 Å². The van der Waals surface area contributed by atoms with Gasteiger partial charge in [0.2, 0.25) is 0 Å². The van der Waals surface area contributed by atoms with Gasteiger partial charge in [-0.1, -0.05) is 13.8 Å². The second-order valence-corrected chi connectivity index (χ2v) is 8.42. The summed E-state index contributed by atoms with van der Waals surface area (Å²) in [4.78, 5) is 5.70. The normalized spacial score (nSPS) is 52.5. The summed E-state index contributed by atoms with van der Waals surface area (Å²) in [7, 11) is 0.